The van der Waals surface area contributed by atoms with Gasteiger partial charge in [-0.3, -0.25) is 4.57 Å². The van der Waals surface area contributed by atoms with Crippen LogP contribution in [-0.2, 0) is 13.1 Å². The smallest absolute Gasteiger partial charge is 0.151 e. The van der Waals surface area contributed by atoms with Crippen molar-refractivity contribution in [2.24, 2.45) is 0 Å². The van der Waals surface area contributed by atoms with Gasteiger partial charge in [0.1, 0.15) is 5.82 Å². The van der Waals surface area contributed by atoms with Crippen LogP contribution in [0.5, 0.6) is 0 Å². The summed E-state index contributed by atoms with van der Waals surface area (Å²) in [5.41, 5.74) is 6.53. The van der Waals surface area contributed by atoms with Gasteiger partial charge in [-0.15, -0.1) is 10.2 Å². The maximum atomic E-state index is 6.23. The van der Waals surface area contributed by atoms with Crippen LogP contribution in [0.3, 0.4) is 0 Å². The van der Waals surface area contributed by atoms with Crippen molar-refractivity contribution in [3.05, 3.63) is 81.9 Å². The van der Waals surface area contributed by atoms with Crippen LogP contribution in [0.4, 0.5) is 0 Å². The van der Waals surface area contributed by atoms with Gasteiger partial charge in [0.15, 0.2) is 5.82 Å². The van der Waals surface area contributed by atoms with Gasteiger partial charge in [-0.25, -0.2) is 0 Å². The Morgan fingerprint density at radius 1 is 1.11 bits per heavy atom. The van der Waals surface area contributed by atoms with E-state index in [1.54, 1.807) is 0 Å². The highest BCUT2D eigenvalue weighted by Crippen LogP contribution is 2.38. The number of nitrogens with zero attached hydrogens (tertiary/aromatic N) is 3. The predicted molar refractivity (Wildman–Crippen MR) is 113 cm³/mol. The number of aromatic nitrogens is 3. The third-order valence-corrected chi connectivity index (χ3v) is 6.14. The number of nitrogens with one attached hydrogen (secondary N) is 1. The lowest BCUT2D eigenvalue weighted by Gasteiger charge is -2.23. The SMILES string of the molecule is Cc1ccccc1C1=CCC(c2nnc3n2-c2ccc(Cl)cc2CNC3)CC1. The molecule has 2 aromatic carbocycles. The van der Waals surface area contributed by atoms with E-state index in [-0.39, 0.29) is 0 Å². The fourth-order valence-electron chi connectivity index (χ4n) is 4.44. The fraction of sp³-hybridized carbons (Fsp3) is 0.304. The molecule has 0 bridgehead atoms. The molecule has 1 N–H and O–H groups in total. The first kappa shape index (κ1) is 17.7. The standard InChI is InChI=1S/C23H23ClN4/c1-15-4-2-3-5-20(15)16-6-8-17(9-7-16)23-27-26-22-14-25-13-18-12-19(24)10-11-21(18)28(22)23/h2-6,10-12,17,25H,7-9,13-14H2,1H3. The van der Waals surface area contributed by atoms with Gasteiger partial charge in [-0.1, -0.05) is 41.9 Å². The van der Waals surface area contributed by atoms with Gasteiger partial charge in [0.05, 0.1) is 12.2 Å². The number of allylic oxidation sites excluding steroid dienone is 2. The van der Waals surface area contributed by atoms with Gasteiger partial charge in [0.2, 0.25) is 0 Å². The first-order valence-electron chi connectivity index (χ1n) is 9.89. The van der Waals surface area contributed by atoms with Gasteiger partial charge in [0.25, 0.3) is 0 Å². The number of halogens is 1. The van der Waals surface area contributed by atoms with Crippen molar-refractivity contribution in [2.75, 3.05) is 0 Å². The van der Waals surface area contributed by atoms with Crippen LogP contribution in [-0.4, -0.2) is 14.8 Å². The maximum Gasteiger partial charge on any atom is 0.151 e. The average molecular weight is 391 g/mol. The lowest BCUT2D eigenvalue weighted by Crippen LogP contribution is -2.13. The van der Waals surface area contributed by atoms with Crippen molar-refractivity contribution in [3.63, 3.8) is 0 Å². The molecule has 1 aliphatic carbocycles. The Balaban J connectivity index is 1.50. The van der Waals surface area contributed by atoms with Crippen LogP contribution >= 0.6 is 11.6 Å². The zero-order chi connectivity index (χ0) is 19.1. The van der Waals surface area contributed by atoms with Crippen LogP contribution in [0.25, 0.3) is 11.3 Å². The zero-order valence-corrected chi connectivity index (χ0v) is 16.7. The first-order valence-corrected chi connectivity index (χ1v) is 10.3. The summed E-state index contributed by atoms with van der Waals surface area (Å²) in [6.07, 6.45) is 5.56. The number of hydrogen-bond acceptors (Lipinski definition) is 3. The van der Waals surface area contributed by atoms with Gasteiger partial charge in [0, 0.05) is 17.5 Å². The van der Waals surface area contributed by atoms with E-state index in [1.807, 2.05) is 12.1 Å². The highest BCUT2D eigenvalue weighted by molar-refractivity contribution is 6.30. The van der Waals surface area contributed by atoms with E-state index in [9.17, 15) is 0 Å². The molecule has 28 heavy (non-hydrogen) atoms. The Kier molecular flexibility index (Phi) is 4.53. The molecule has 1 unspecified atom stereocenters. The largest absolute Gasteiger partial charge is 0.306 e. The molecule has 4 nitrogen and oxygen atoms in total. The second-order valence-electron chi connectivity index (χ2n) is 7.70. The summed E-state index contributed by atoms with van der Waals surface area (Å²) in [4.78, 5) is 0. The molecule has 142 valence electrons. The number of rotatable bonds is 2. The second-order valence-corrected chi connectivity index (χ2v) is 8.14. The molecule has 3 aromatic rings. The number of hydrogen-bond donors (Lipinski definition) is 1. The topological polar surface area (TPSA) is 42.7 Å². The van der Waals surface area contributed by atoms with Crippen molar-refractivity contribution in [1.82, 2.24) is 20.1 Å². The molecule has 0 saturated heterocycles. The van der Waals surface area contributed by atoms with Gasteiger partial charge >= 0.3 is 0 Å². The van der Waals surface area contributed by atoms with E-state index in [4.69, 9.17) is 11.6 Å². The Labute approximate surface area is 170 Å². The molecule has 5 heteroatoms. The minimum Gasteiger partial charge on any atom is -0.306 e. The molecule has 0 fully saturated rings. The summed E-state index contributed by atoms with van der Waals surface area (Å²) < 4.78 is 2.25. The van der Waals surface area contributed by atoms with Crippen LogP contribution < -0.4 is 5.32 Å². The highest BCUT2D eigenvalue weighted by Gasteiger charge is 2.27. The number of benzene rings is 2. The van der Waals surface area contributed by atoms with E-state index in [0.717, 1.165) is 54.7 Å². The predicted octanol–water partition coefficient (Wildman–Crippen LogP) is 5.18. The summed E-state index contributed by atoms with van der Waals surface area (Å²) in [5, 5.41) is 13.3. The molecule has 0 saturated carbocycles. The zero-order valence-electron chi connectivity index (χ0n) is 16.0. The third kappa shape index (κ3) is 3.07. The normalized spacial score (nSPS) is 18.8. The molecule has 1 aromatic heterocycles. The van der Waals surface area contributed by atoms with Crippen molar-refractivity contribution < 1.29 is 0 Å². The van der Waals surface area contributed by atoms with Gasteiger partial charge in [-0.2, -0.15) is 0 Å². The van der Waals surface area contributed by atoms with Gasteiger partial charge < -0.3 is 5.32 Å². The van der Waals surface area contributed by atoms with E-state index in [0.29, 0.717) is 5.92 Å². The Bertz CT molecular complexity index is 1070. The van der Waals surface area contributed by atoms with Crippen LogP contribution in [0, 0.1) is 6.92 Å². The lowest BCUT2D eigenvalue weighted by molar-refractivity contribution is 0.576. The van der Waals surface area contributed by atoms with E-state index >= 15 is 0 Å². The molecule has 5 rings (SSSR count). The monoisotopic (exact) mass is 390 g/mol. The van der Waals surface area contributed by atoms with Crippen LogP contribution in [0.2, 0.25) is 5.02 Å². The van der Waals surface area contributed by atoms with Crippen LogP contribution in [0.15, 0.2) is 48.5 Å². The Morgan fingerprint density at radius 3 is 2.82 bits per heavy atom. The van der Waals surface area contributed by atoms with Gasteiger partial charge in [-0.05, 0) is 66.6 Å². The van der Waals surface area contributed by atoms with E-state index < -0.39 is 0 Å². The van der Waals surface area contributed by atoms with Crippen molar-refractivity contribution >= 4 is 17.2 Å². The fourth-order valence-corrected chi connectivity index (χ4v) is 4.64. The molecule has 2 heterocycles. The summed E-state index contributed by atoms with van der Waals surface area (Å²) in [5.74, 6) is 2.43. The highest BCUT2D eigenvalue weighted by atomic mass is 35.5. The summed E-state index contributed by atoms with van der Waals surface area (Å²) in [6, 6.07) is 14.7. The third-order valence-electron chi connectivity index (χ3n) is 5.90. The number of fused-ring (bicyclic) bond motifs is 3. The molecular weight excluding hydrogens is 368 g/mol. The molecule has 1 aliphatic heterocycles. The van der Waals surface area contributed by atoms with Crippen molar-refractivity contribution in [3.8, 4) is 5.69 Å². The second kappa shape index (κ2) is 7.19. The molecule has 0 radical (unpaired) electrons. The first-order chi connectivity index (χ1) is 13.7. The maximum absolute atomic E-state index is 6.23. The minimum atomic E-state index is 0.385. The quantitative estimate of drug-likeness (QED) is 0.655. The summed E-state index contributed by atoms with van der Waals surface area (Å²) >= 11 is 6.23. The number of aryl methyl sites for hydroxylation is 1. The summed E-state index contributed by atoms with van der Waals surface area (Å²) in [6.45, 7) is 3.70. The molecular formula is C23H23ClN4. The minimum absolute atomic E-state index is 0.385. The summed E-state index contributed by atoms with van der Waals surface area (Å²) in [7, 11) is 0. The Hall–Kier alpha value is -2.43. The molecule has 0 spiro atoms. The average Bonchev–Trinajstić information content (AvgIpc) is 3.04. The van der Waals surface area contributed by atoms with Crippen molar-refractivity contribution in [2.45, 2.75) is 45.2 Å². The van der Waals surface area contributed by atoms with E-state index in [1.165, 1.54) is 22.3 Å². The lowest BCUT2D eigenvalue weighted by atomic mass is 9.85. The Morgan fingerprint density at radius 2 is 2.00 bits per heavy atom. The van der Waals surface area contributed by atoms with Crippen LogP contribution in [0.1, 0.15) is 53.5 Å². The molecule has 1 atom stereocenters. The molecule has 2 aliphatic rings. The van der Waals surface area contributed by atoms with Crippen molar-refractivity contribution in [1.29, 1.82) is 0 Å². The molecule has 0 amide bonds. The van der Waals surface area contributed by atoms with E-state index in [2.05, 4.69) is 63.4 Å².